The van der Waals surface area contributed by atoms with Crippen molar-refractivity contribution in [3.63, 3.8) is 0 Å². The molecular weight excluding hydrogens is 346 g/mol. The van der Waals surface area contributed by atoms with E-state index in [4.69, 9.17) is 0 Å². The van der Waals surface area contributed by atoms with Gasteiger partial charge in [-0.1, -0.05) is 74.0 Å². The Morgan fingerprint density at radius 2 is 1.25 bits per heavy atom. The quantitative estimate of drug-likeness (QED) is 0.718. The third-order valence-electron chi connectivity index (χ3n) is 6.80. The fourth-order valence-electron chi connectivity index (χ4n) is 5.69. The van der Waals surface area contributed by atoms with Crippen molar-refractivity contribution >= 4 is 23.0 Å². The van der Waals surface area contributed by atoms with Crippen LogP contribution in [0.1, 0.15) is 37.3 Å². The highest BCUT2D eigenvalue weighted by Gasteiger charge is 2.63. The highest BCUT2D eigenvalue weighted by Crippen LogP contribution is 2.63. The number of rotatable bonds is 5. The van der Waals surface area contributed by atoms with Gasteiger partial charge in [0.2, 0.25) is 11.8 Å². The van der Waals surface area contributed by atoms with Gasteiger partial charge >= 0.3 is 0 Å². The van der Waals surface area contributed by atoms with E-state index in [-0.39, 0.29) is 35.5 Å². The lowest BCUT2D eigenvalue weighted by molar-refractivity contribution is -0.140. The molecule has 2 amide bonds. The van der Waals surface area contributed by atoms with Crippen molar-refractivity contribution in [2.24, 2.45) is 23.7 Å². The topological polar surface area (TPSA) is 37.4 Å². The van der Waals surface area contributed by atoms with Crippen molar-refractivity contribution in [1.29, 1.82) is 0 Å². The molecule has 2 aromatic rings. The Hall–Kier alpha value is -2.68. The third-order valence-corrected chi connectivity index (χ3v) is 6.80. The number of amides is 2. The Kier molecular flexibility index (Phi) is 4.19. The van der Waals surface area contributed by atoms with Gasteiger partial charge in [0.25, 0.3) is 0 Å². The summed E-state index contributed by atoms with van der Waals surface area (Å²) in [6, 6.07) is 20.9. The molecule has 0 N–H and O–H groups in total. The van der Waals surface area contributed by atoms with Crippen molar-refractivity contribution in [2.75, 3.05) is 6.54 Å². The lowest BCUT2D eigenvalue weighted by Gasteiger charge is -2.27. The van der Waals surface area contributed by atoms with Gasteiger partial charge in [0.1, 0.15) is 0 Å². The molecule has 1 heterocycles. The predicted octanol–water partition coefficient (Wildman–Crippen LogP) is 4.65. The first-order chi connectivity index (χ1) is 13.7. The predicted molar refractivity (Wildman–Crippen MR) is 110 cm³/mol. The molecule has 4 unspecified atom stereocenters. The van der Waals surface area contributed by atoms with Crippen molar-refractivity contribution < 1.29 is 9.59 Å². The molecule has 0 radical (unpaired) electrons. The summed E-state index contributed by atoms with van der Waals surface area (Å²) in [4.78, 5) is 28.0. The van der Waals surface area contributed by atoms with Crippen LogP contribution in [0.15, 0.2) is 60.7 Å². The molecule has 2 aromatic carbocycles. The molecule has 2 bridgehead atoms. The number of imide groups is 1. The van der Waals surface area contributed by atoms with E-state index in [9.17, 15) is 9.59 Å². The number of hydrogen-bond donors (Lipinski definition) is 0. The number of allylic oxidation sites excluding steroid dienone is 2. The number of benzene rings is 2. The van der Waals surface area contributed by atoms with Crippen molar-refractivity contribution in [3.05, 3.63) is 71.8 Å². The first kappa shape index (κ1) is 17.4. The Morgan fingerprint density at radius 3 is 1.68 bits per heavy atom. The maximum Gasteiger partial charge on any atom is 0.233 e. The van der Waals surface area contributed by atoms with E-state index in [2.05, 4.69) is 55.5 Å². The largest absolute Gasteiger partial charge is 0.282 e. The number of carbonyl (C=O) groups excluding carboxylic acids is 2. The van der Waals surface area contributed by atoms with Crippen LogP contribution in [0, 0.1) is 23.7 Å². The summed E-state index contributed by atoms with van der Waals surface area (Å²) in [5.74, 6) is 0.0911. The Bertz CT molecular complexity index is 874. The molecule has 3 heteroatoms. The number of fused-ring (bicyclic) bond motifs is 5. The standard InChI is InChI=1S/C25H25NO2/c1-2-3-14-26-24(27)22-18-15-19(23(22)25(26)28)21(17-12-8-5-9-13-17)20(18)16-10-6-4-7-11-16/h4-13,18-19,22-23H,2-3,14-15H2,1H3. The molecule has 0 aromatic heterocycles. The van der Waals surface area contributed by atoms with Gasteiger partial charge in [0.15, 0.2) is 0 Å². The smallest absolute Gasteiger partial charge is 0.233 e. The summed E-state index contributed by atoms with van der Waals surface area (Å²) >= 11 is 0. The summed E-state index contributed by atoms with van der Waals surface area (Å²) < 4.78 is 0. The third kappa shape index (κ3) is 2.42. The molecule has 1 saturated heterocycles. The minimum absolute atomic E-state index is 0.0662. The number of nitrogens with zero attached hydrogens (tertiary/aromatic N) is 1. The maximum atomic E-state index is 13.2. The molecule has 4 atom stereocenters. The van der Waals surface area contributed by atoms with Crippen LogP contribution in [0.5, 0.6) is 0 Å². The average molecular weight is 371 g/mol. The molecule has 2 fully saturated rings. The second-order valence-corrected chi connectivity index (χ2v) is 8.24. The van der Waals surface area contributed by atoms with Gasteiger partial charge in [-0.05, 0) is 47.0 Å². The summed E-state index contributed by atoms with van der Waals surface area (Å²) in [5.41, 5.74) is 4.97. The Balaban J connectivity index is 1.62. The molecule has 1 saturated carbocycles. The van der Waals surface area contributed by atoms with Crippen LogP contribution in [0.25, 0.3) is 11.1 Å². The zero-order chi connectivity index (χ0) is 19.3. The SMILES string of the molecule is CCCCN1C(=O)C2C3CC(C(c4ccccc4)=C3c3ccccc3)C2C1=O. The number of hydrogen-bond acceptors (Lipinski definition) is 2. The monoisotopic (exact) mass is 371 g/mol. The van der Waals surface area contributed by atoms with Crippen LogP contribution in [-0.2, 0) is 9.59 Å². The summed E-state index contributed by atoms with van der Waals surface area (Å²) in [7, 11) is 0. The van der Waals surface area contributed by atoms with E-state index in [1.165, 1.54) is 22.3 Å². The number of unbranched alkanes of at least 4 members (excludes halogenated alkanes) is 1. The highest BCUT2D eigenvalue weighted by atomic mass is 16.2. The van der Waals surface area contributed by atoms with Crippen molar-refractivity contribution in [3.8, 4) is 0 Å². The molecule has 3 nitrogen and oxygen atoms in total. The molecule has 0 spiro atoms. The van der Waals surface area contributed by atoms with E-state index in [1.807, 2.05) is 12.1 Å². The fourth-order valence-corrected chi connectivity index (χ4v) is 5.69. The summed E-state index contributed by atoms with van der Waals surface area (Å²) in [6.45, 7) is 2.67. The molecule has 5 rings (SSSR count). The van der Waals surface area contributed by atoms with Gasteiger partial charge in [-0.3, -0.25) is 14.5 Å². The molecular formula is C25H25NO2. The van der Waals surface area contributed by atoms with Crippen molar-refractivity contribution in [1.82, 2.24) is 4.90 Å². The normalized spacial score (nSPS) is 28.4. The van der Waals surface area contributed by atoms with Crippen LogP contribution in [0.3, 0.4) is 0 Å². The molecule has 2 aliphatic carbocycles. The van der Waals surface area contributed by atoms with E-state index in [1.54, 1.807) is 4.90 Å². The van der Waals surface area contributed by atoms with E-state index in [0.29, 0.717) is 6.54 Å². The van der Waals surface area contributed by atoms with E-state index < -0.39 is 0 Å². The second kappa shape index (κ2) is 6.73. The van der Waals surface area contributed by atoms with Gasteiger partial charge in [-0.25, -0.2) is 0 Å². The van der Waals surface area contributed by atoms with Crippen LogP contribution < -0.4 is 0 Å². The lowest BCUT2D eigenvalue weighted by atomic mass is 9.73. The van der Waals surface area contributed by atoms with Gasteiger partial charge in [-0.2, -0.15) is 0 Å². The van der Waals surface area contributed by atoms with E-state index >= 15 is 0 Å². The minimum Gasteiger partial charge on any atom is -0.282 e. The number of carbonyl (C=O) groups is 2. The fraction of sp³-hybridized carbons (Fsp3) is 0.360. The van der Waals surface area contributed by atoms with Gasteiger partial charge in [0, 0.05) is 6.54 Å². The first-order valence-electron chi connectivity index (χ1n) is 10.4. The van der Waals surface area contributed by atoms with Crippen LogP contribution in [-0.4, -0.2) is 23.3 Å². The molecule has 3 aliphatic rings. The molecule has 1 aliphatic heterocycles. The second-order valence-electron chi connectivity index (χ2n) is 8.24. The van der Waals surface area contributed by atoms with Crippen LogP contribution >= 0.6 is 0 Å². The Labute approximate surface area is 166 Å². The van der Waals surface area contributed by atoms with Gasteiger partial charge in [-0.15, -0.1) is 0 Å². The number of likely N-dealkylation sites (tertiary alicyclic amines) is 1. The highest BCUT2D eigenvalue weighted by molar-refractivity contribution is 6.11. The zero-order valence-corrected chi connectivity index (χ0v) is 16.2. The Morgan fingerprint density at radius 1 is 0.786 bits per heavy atom. The maximum absolute atomic E-state index is 13.2. The minimum atomic E-state index is -0.169. The van der Waals surface area contributed by atoms with Crippen LogP contribution in [0.2, 0.25) is 0 Å². The van der Waals surface area contributed by atoms with Gasteiger partial charge in [0.05, 0.1) is 11.8 Å². The average Bonchev–Trinajstić information content (AvgIpc) is 3.38. The zero-order valence-electron chi connectivity index (χ0n) is 16.2. The molecule has 142 valence electrons. The van der Waals surface area contributed by atoms with Crippen molar-refractivity contribution in [2.45, 2.75) is 26.2 Å². The van der Waals surface area contributed by atoms with E-state index in [0.717, 1.165) is 19.3 Å². The first-order valence-corrected chi connectivity index (χ1v) is 10.4. The summed E-state index contributed by atoms with van der Waals surface area (Å²) in [6.07, 6.45) is 2.79. The lowest BCUT2D eigenvalue weighted by Crippen LogP contribution is -2.33. The summed E-state index contributed by atoms with van der Waals surface area (Å²) in [5, 5.41) is 0. The van der Waals surface area contributed by atoms with Gasteiger partial charge < -0.3 is 0 Å². The molecule has 28 heavy (non-hydrogen) atoms. The van der Waals surface area contributed by atoms with Crippen LogP contribution in [0.4, 0.5) is 0 Å².